The minimum atomic E-state index is -2.95. The molecule has 148 valence electrons. The zero-order valence-corrected chi connectivity index (χ0v) is 18.4. The molecule has 1 fully saturated rings. The highest BCUT2D eigenvalue weighted by Crippen LogP contribution is 2.38. The Labute approximate surface area is 172 Å². The zero-order chi connectivity index (χ0) is 20.1. The highest BCUT2D eigenvalue weighted by atomic mass is 32.2. The highest BCUT2D eigenvalue weighted by Gasteiger charge is 2.44. The lowest BCUT2D eigenvalue weighted by Gasteiger charge is -2.26. The molecule has 1 saturated heterocycles. The van der Waals surface area contributed by atoms with Gasteiger partial charge in [-0.1, -0.05) is 41.6 Å². The average molecular weight is 415 g/mol. The van der Waals surface area contributed by atoms with Gasteiger partial charge in [-0.05, 0) is 62.1 Å². The van der Waals surface area contributed by atoms with Gasteiger partial charge >= 0.3 is 0 Å². The summed E-state index contributed by atoms with van der Waals surface area (Å²) in [5, 5.41) is 0.989. The Morgan fingerprint density at radius 1 is 1.00 bits per heavy atom. The number of benzene rings is 2. The molecule has 0 spiro atoms. The van der Waals surface area contributed by atoms with E-state index in [1.54, 1.807) is 11.8 Å². The third-order valence-electron chi connectivity index (χ3n) is 5.39. The van der Waals surface area contributed by atoms with E-state index in [0.29, 0.717) is 0 Å². The van der Waals surface area contributed by atoms with Crippen LogP contribution in [0.3, 0.4) is 0 Å². The number of nitrogens with zero attached hydrogens (tertiary/aromatic N) is 2. The summed E-state index contributed by atoms with van der Waals surface area (Å²) in [7, 11) is -2.95. The summed E-state index contributed by atoms with van der Waals surface area (Å²) in [6, 6.07) is 13.0. The van der Waals surface area contributed by atoms with Crippen LogP contribution in [0.1, 0.15) is 27.8 Å². The maximum atomic E-state index is 12.0. The first-order chi connectivity index (χ1) is 13.2. The summed E-state index contributed by atoms with van der Waals surface area (Å²) in [6.45, 7) is 9.20. The SMILES string of the molecule is Cc1cc(C)cc(N(Cc2cc(C)ccc2C)C2=N[C@@H]3CS(=O)(=O)C[C@H]3S2)c1. The van der Waals surface area contributed by atoms with Gasteiger partial charge in [0.2, 0.25) is 0 Å². The molecule has 2 heterocycles. The van der Waals surface area contributed by atoms with Gasteiger partial charge in [0.05, 0.1) is 24.1 Å². The van der Waals surface area contributed by atoms with E-state index in [9.17, 15) is 8.42 Å². The highest BCUT2D eigenvalue weighted by molar-refractivity contribution is 8.15. The van der Waals surface area contributed by atoms with Crippen molar-refractivity contribution < 1.29 is 8.42 Å². The maximum absolute atomic E-state index is 12.0. The Morgan fingerprint density at radius 2 is 1.71 bits per heavy atom. The summed E-state index contributed by atoms with van der Waals surface area (Å²) < 4.78 is 23.9. The molecule has 0 unspecified atom stereocenters. The average Bonchev–Trinajstić information content (AvgIpc) is 3.08. The Morgan fingerprint density at radius 3 is 2.39 bits per heavy atom. The molecule has 0 bridgehead atoms. The number of thioether (sulfide) groups is 1. The standard InChI is InChI=1S/C22H26N2O2S2/c1-14-5-6-17(4)18(8-14)11-24(19-9-15(2)7-16(3)10-19)22-23-20-12-28(25,26)13-21(20)27-22/h5-10,20-21H,11-13H2,1-4H3/t20-,21-/m1/s1. The van der Waals surface area contributed by atoms with Gasteiger partial charge in [-0.15, -0.1) is 0 Å². The Hall–Kier alpha value is -1.79. The fraction of sp³-hybridized carbons (Fsp3) is 0.409. The molecule has 2 aromatic carbocycles. The van der Waals surface area contributed by atoms with Gasteiger partial charge in [-0.2, -0.15) is 0 Å². The molecular weight excluding hydrogens is 388 g/mol. The molecule has 28 heavy (non-hydrogen) atoms. The number of aryl methyl sites for hydroxylation is 4. The van der Waals surface area contributed by atoms with Crippen LogP contribution < -0.4 is 4.90 Å². The summed E-state index contributed by atoms with van der Waals surface area (Å²) >= 11 is 1.62. The summed E-state index contributed by atoms with van der Waals surface area (Å²) in [6.07, 6.45) is 0. The van der Waals surface area contributed by atoms with Gasteiger partial charge in [-0.25, -0.2) is 8.42 Å². The van der Waals surface area contributed by atoms with Crippen molar-refractivity contribution in [2.45, 2.75) is 45.5 Å². The van der Waals surface area contributed by atoms with Gasteiger partial charge in [0, 0.05) is 10.9 Å². The molecule has 0 saturated carbocycles. The molecule has 0 amide bonds. The van der Waals surface area contributed by atoms with Gasteiger partial charge in [0.1, 0.15) is 0 Å². The van der Waals surface area contributed by atoms with Crippen LogP contribution >= 0.6 is 11.8 Å². The van der Waals surface area contributed by atoms with Crippen LogP contribution in [0.4, 0.5) is 5.69 Å². The Balaban J connectivity index is 1.73. The molecule has 0 N–H and O–H groups in total. The van der Waals surface area contributed by atoms with Crippen molar-refractivity contribution in [1.29, 1.82) is 0 Å². The fourth-order valence-corrected chi connectivity index (χ4v) is 7.77. The number of anilines is 1. The lowest BCUT2D eigenvalue weighted by atomic mass is 10.0. The number of hydrogen-bond donors (Lipinski definition) is 0. The van der Waals surface area contributed by atoms with Crippen molar-refractivity contribution >= 4 is 32.5 Å². The van der Waals surface area contributed by atoms with Crippen LogP contribution in [0.2, 0.25) is 0 Å². The molecule has 0 aliphatic carbocycles. The number of hydrogen-bond acceptors (Lipinski definition) is 5. The first-order valence-electron chi connectivity index (χ1n) is 9.57. The lowest BCUT2D eigenvalue weighted by Crippen LogP contribution is -2.28. The van der Waals surface area contributed by atoms with Crippen molar-refractivity contribution in [2.24, 2.45) is 4.99 Å². The normalized spacial score (nSPS) is 22.8. The number of aliphatic imine (C=N–C) groups is 1. The molecule has 2 aliphatic rings. The second-order valence-electron chi connectivity index (χ2n) is 8.07. The Kier molecular flexibility index (Phi) is 5.04. The van der Waals surface area contributed by atoms with E-state index in [2.05, 4.69) is 69.0 Å². The van der Waals surface area contributed by atoms with Crippen molar-refractivity contribution in [3.63, 3.8) is 0 Å². The number of amidine groups is 1. The van der Waals surface area contributed by atoms with E-state index in [0.717, 1.165) is 17.4 Å². The van der Waals surface area contributed by atoms with E-state index in [1.165, 1.54) is 27.8 Å². The largest absolute Gasteiger partial charge is 0.317 e. The number of rotatable bonds is 3. The Bertz CT molecular complexity index is 1040. The van der Waals surface area contributed by atoms with Gasteiger partial charge < -0.3 is 4.90 Å². The summed E-state index contributed by atoms with van der Waals surface area (Å²) in [4.78, 5) is 7.12. The third kappa shape index (κ3) is 3.98. The monoisotopic (exact) mass is 414 g/mol. The molecule has 6 heteroatoms. The van der Waals surface area contributed by atoms with E-state index in [-0.39, 0.29) is 22.8 Å². The van der Waals surface area contributed by atoms with Crippen molar-refractivity contribution in [3.05, 3.63) is 64.2 Å². The van der Waals surface area contributed by atoms with Crippen molar-refractivity contribution in [3.8, 4) is 0 Å². The van der Waals surface area contributed by atoms with Gasteiger partial charge in [-0.3, -0.25) is 4.99 Å². The maximum Gasteiger partial charge on any atom is 0.164 e. The van der Waals surface area contributed by atoms with Crippen LogP contribution in [0.5, 0.6) is 0 Å². The summed E-state index contributed by atoms with van der Waals surface area (Å²) in [5.74, 6) is 0.415. The van der Waals surface area contributed by atoms with Crippen LogP contribution in [-0.2, 0) is 16.4 Å². The van der Waals surface area contributed by atoms with E-state index in [4.69, 9.17) is 4.99 Å². The van der Waals surface area contributed by atoms with Crippen molar-refractivity contribution in [2.75, 3.05) is 16.4 Å². The predicted octanol–water partition coefficient (Wildman–Crippen LogP) is 4.20. The molecule has 4 nitrogen and oxygen atoms in total. The van der Waals surface area contributed by atoms with Crippen LogP contribution in [-0.4, -0.2) is 36.4 Å². The van der Waals surface area contributed by atoms with E-state index < -0.39 is 9.84 Å². The topological polar surface area (TPSA) is 49.7 Å². The van der Waals surface area contributed by atoms with Gasteiger partial charge in [0.25, 0.3) is 0 Å². The van der Waals surface area contributed by atoms with Crippen LogP contribution in [0.15, 0.2) is 41.4 Å². The third-order valence-corrected chi connectivity index (χ3v) is 8.63. The minimum Gasteiger partial charge on any atom is -0.317 e. The smallest absolute Gasteiger partial charge is 0.164 e. The quantitative estimate of drug-likeness (QED) is 0.755. The second kappa shape index (κ2) is 7.23. The molecule has 0 aromatic heterocycles. The van der Waals surface area contributed by atoms with Crippen LogP contribution in [0, 0.1) is 27.7 Å². The molecule has 2 aliphatic heterocycles. The summed E-state index contributed by atoms with van der Waals surface area (Å²) in [5.41, 5.74) is 7.32. The fourth-order valence-electron chi connectivity index (χ4n) is 3.99. The van der Waals surface area contributed by atoms with Crippen LogP contribution in [0.25, 0.3) is 0 Å². The second-order valence-corrected chi connectivity index (χ2v) is 11.4. The minimum absolute atomic E-state index is 0.0482. The van der Waals surface area contributed by atoms with E-state index >= 15 is 0 Å². The molecule has 0 radical (unpaired) electrons. The molecular formula is C22H26N2O2S2. The molecule has 2 aromatic rings. The van der Waals surface area contributed by atoms with Crippen molar-refractivity contribution in [1.82, 2.24) is 0 Å². The number of sulfone groups is 1. The first kappa shape index (κ1) is 19.5. The number of fused-ring (bicyclic) bond motifs is 1. The molecule has 4 rings (SSSR count). The van der Waals surface area contributed by atoms with Gasteiger partial charge in [0.15, 0.2) is 15.0 Å². The van der Waals surface area contributed by atoms with E-state index in [1.807, 2.05) is 0 Å². The first-order valence-corrected chi connectivity index (χ1v) is 12.3. The lowest BCUT2D eigenvalue weighted by molar-refractivity contribution is 0.601. The zero-order valence-electron chi connectivity index (χ0n) is 16.8. The predicted molar refractivity (Wildman–Crippen MR) is 119 cm³/mol. The molecule has 2 atom stereocenters.